The molecule has 0 aromatic carbocycles. The van der Waals surface area contributed by atoms with E-state index >= 15 is 0 Å². The van der Waals surface area contributed by atoms with Gasteiger partial charge in [-0.2, -0.15) is 0 Å². The number of hydrogen-bond donors (Lipinski definition) is 2. The molecule has 1 atom stereocenters. The summed E-state index contributed by atoms with van der Waals surface area (Å²) in [4.78, 5) is 8.16. The summed E-state index contributed by atoms with van der Waals surface area (Å²) in [5, 5.41) is 12.8. The molecule has 0 fully saturated rings. The highest BCUT2D eigenvalue weighted by atomic mass is 32.1. The van der Waals surface area contributed by atoms with Gasteiger partial charge in [0, 0.05) is 18.0 Å². The second-order valence-electron chi connectivity index (χ2n) is 3.60. The van der Waals surface area contributed by atoms with E-state index in [4.69, 9.17) is 5.73 Å². The zero-order chi connectivity index (χ0) is 11.5. The van der Waals surface area contributed by atoms with Gasteiger partial charge in [0.1, 0.15) is 11.9 Å². The molecule has 0 aliphatic carbocycles. The first-order chi connectivity index (χ1) is 7.65. The summed E-state index contributed by atoms with van der Waals surface area (Å²) in [6.45, 7) is 1.92. The fraction of sp³-hybridized carbons (Fsp3) is 0.273. The average molecular weight is 235 g/mol. The monoisotopic (exact) mass is 235 g/mol. The fourth-order valence-electron chi connectivity index (χ4n) is 1.48. The number of rotatable bonds is 3. The summed E-state index contributed by atoms with van der Waals surface area (Å²) < 4.78 is 0. The third-order valence-electron chi connectivity index (χ3n) is 2.25. The number of thiazole rings is 1. The quantitative estimate of drug-likeness (QED) is 0.849. The van der Waals surface area contributed by atoms with Gasteiger partial charge in [-0.25, -0.2) is 9.97 Å². The van der Waals surface area contributed by atoms with Crippen molar-refractivity contribution in [2.75, 3.05) is 5.73 Å². The molecule has 5 heteroatoms. The predicted octanol–water partition coefficient (Wildman–Crippen LogP) is 1.70. The number of hydrogen-bond acceptors (Lipinski definition) is 5. The number of aryl methyl sites for hydroxylation is 1. The molecule has 0 spiro atoms. The summed E-state index contributed by atoms with van der Waals surface area (Å²) >= 11 is 1.54. The number of aliphatic hydroxyl groups excluding tert-OH is 1. The minimum absolute atomic E-state index is 0.471. The van der Waals surface area contributed by atoms with E-state index < -0.39 is 6.10 Å². The van der Waals surface area contributed by atoms with Crippen LogP contribution in [-0.4, -0.2) is 15.1 Å². The lowest BCUT2D eigenvalue weighted by Gasteiger charge is -2.07. The summed E-state index contributed by atoms with van der Waals surface area (Å²) in [5.41, 5.74) is 7.25. The van der Waals surface area contributed by atoms with Crippen LogP contribution >= 0.6 is 11.3 Å². The van der Waals surface area contributed by atoms with Crippen LogP contribution in [0.3, 0.4) is 0 Å². The smallest absolute Gasteiger partial charge is 0.123 e. The van der Waals surface area contributed by atoms with Gasteiger partial charge in [-0.3, -0.25) is 0 Å². The number of nitrogens with two attached hydrogens (primary N) is 1. The van der Waals surface area contributed by atoms with E-state index in [9.17, 15) is 5.11 Å². The molecule has 0 radical (unpaired) electrons. The SMILES string of the molecule is Cc1nc(C(O)Cc2ccnc(N)c2)cs1. The molecule has 0 saturated heterocycles. The van der Waals surface area contributed by atoms with Gasteiger partial charge < -0.3 is 10.8 Å². The van der Waals surface area contributed by atoms with Crippen LogP contribution in [0.1, 0.15) is 22.4 Å². The molecular weight excluding hydrogens is 222 g/mol. The summed E-state index contributed by atoms with van der Waals surface area (Å²) in [7, 11) is 0. The summed E-state index contributed by atoms with van der Waals surface area (Å²) in [6, 6.07) is 3.61. The van der Waals surface area contributed by atoms with Crippen molar-refractivity contribution in [1.82, 2.24) is 9.97 Å². The van der Waals surface area contributed by atoms with E-state index in [2.05, 4.69) is 9.97 Å². The summed E-state index contributed by atoms with van der Waals surface area (Å²) in [6.07, 6.45) is 1.58. The van der Waals surface area contributed by atoms with Crippen molar-refractivity contribution in [3.63, 3.8) is 0 Å². The lowest BCUT2D eigenvalue weighted by molar-refractivity contribution is 0.174. The summed E-state index contributed by atoms with van der Waals surface area (Å²) in [5.74, 6) is 0.471. The van der Waals surface area contributed by atoms with Gasteiger partial charge in [-0.15, -0.1) is 11.3 Å². The van der Waals surface area contributed by atoms with Crippen molar-refractivity contribution in [2.45, 2.75) is 19.4 Å². The fourth-order valence-corrected chi connectivity index (χ4v) is 2.14. The maximum absolute atomic E-state index is 9.96. The highest BCUT2D eigenvalue weighted by Crippen LogP contribution is 2.20. The molecule has 2 aromatic heterocycles. The largest absolute Gasteiger partial charge is 0.386 e. The molecule has 0 aliphatic heterocycles. The Hall–Kier alpha value is -1.46. The highest BCUT2D eigenvalue weighted by Gasteiger charge is 2.11. The Morgan fingerprint density at radius 2 is 2.38 bits per heavy atom. The molecular formula is C11H13N3OS. The molecule has 0 amide bonds. The molecule has 0 bridgehead atoms. The van der Waals surface area contributed by atoms with Crippen molar-refractivity contribution in [3.05, 3.63) is 40.0 Å². The number of aromatic nitrogens is 2. The van der Waals surface area contributed by atoms with Crippen LogP contribution in [-0.2, 0) is 6.42 Å². The normalized spacial score (nSPS) is 12.6. The number of pyridine rings is 1. The molecule has 3 N–H and O–H groups in total. The van der Waals surface area contributed by atoms with Crippen LogP contribution < -0.4 is 5.73 Å². The second kappa shape index (κ2) is 4.59. The number of anilines is 1. The van der Waals surface area contributed by atoms with Crippen LogP contribution in [0.5, 0.6) is 0 Å². The molecule has 1 unspecified atom stereocenters. The van der Waals surface area contributed by atoms with E-state index in [1.165, 1.54) is 11.3 Å². The van der Waals surface area contributed by atoms with E-state index in [1.54, 1.807) is 12.3 Å². The van der Waals surface area contributed by atoms with Gasteiger partial charge in [-0.05, 0) is 24.6 Å². The molecule has 4 nitrogen and oxygen atoms in total. The van der Waals surface area contributed by atoms with E-state index in [0.29, 0.717) is 12.2 Å². The van der Waals surface area contributed by atoms with Crippen LogP contribution in [0.25, 0.3) is 0 Å². The standard InChI is InChI=1S/C11H13N3OS/c1-7-14-9(6-16-7)10(15)4-8-2-3-13-11(12)5-8/h2-3,5-6,10,15H,4H2,1H3,(H2,12,13). The Bertz CT molecular complexity index is 484. The molecule has 2 aromatic rings. The van der Waals surface area contributed by atoms with Crippen molar-refractivity contribution in [2.24, 2.45) is 0 Å². The lowest BCUT2D eigenvalue weighted by Crippen LogP contribution is -2.03. The van der Waals surface area contributed by atoms with Crippen LogP contribution in [0.4, 0.5) is 5.82 Å². The Morgan fingerprint density at radius 3 is 3.00 bits per heavy atom. The maximum atomic E-state index is 9.96. The molecule has 16 heavy (non-hydrogen) atoms. The average Bonchev–Trinajstić information content (AvgIpc) is 2.65. The van der Waals surface area contributed by atoms with Gasteiger partial charge in [0.25, 0.3) is 0 Å². The van der Waals surface area contributed by atoms with E-state index in [-0.39, 0.29) is 0 Å². The lowest BCUT2D eigenvalue weighted by atomic mass is 10.1. The van der Waals surface area contributed by atoms with Gasteiger partial charge >= 0.3 is 0 Å². The second-order valence-corrected chi connectivity index (χ2v) is 4.66. The minimum Gasteiger partial charge on any atom is -0.386 e. The number of nitrogen functional groups attached to an aromatic ring is 1. The predicted molar refractivity (Wildman–Crippen MR) is 64.2 cm³/mol. The number of aliphatic hydroxyl groups is 1. The van der Waals surface area contributed by atoms with E-state index in [0.717, 1.165) is 16.3 Å². The van der Waals surface area contributed by atoms with Crippen molar-refractivity contribution >= 4 is 17.2 Å². The van der Waals surface area contributed by atoms with Crippen molar-refractivity contribution in [1.29, 1.82) is 0 Å². The van der Waals surface area contributed by atoms with Gasteiger partial charge in [0.2, 0.25) is 0 Å². The van der Waals surface area contributed by atoms with Crippen LogP contribution in [0, 0.1) is 6.92 Å². The van der Waals surface area contributed by atoms with Crippen LogP contribution in [0.2, 0.25) is 0 Å². The van der Waals surface area contributed by atoms with Crippen LogP contribution in [0.15, 0.2) is 23.7 Å². The zero-order valence-corrected chi connectivity index (χ0v) is 9.74. The Labute approximate surface area is 97.8 Å². The van der Waals surface area contributed by atoms with Gasteiger partial charge in [0.15, 0.2) is 0 Å². The topological polar surface area (TPSA) is 72.0 Å². The maximum Gasteiger partial charge on any atom is 0.123 e. The number of nitrogens with zero attached hydrogens (tertiary/aromatic N) is 2. The first-order valence-electron chi connectivity index (χ1n) is 4.95. The van der Waals surface area contributed by atoms with Crippen molar-refractivity contribution in [3.8, 4) is 0 Å². The highest BCUT2D eigenvalue weighted by molar-refractivity contribution is 7.09. The molecule has 0 aliphatic rings. The third-order valence-corrected chi connectivity index (χ3v) is 3.04. The Balaban J connectivity index is 2.10. The molecule has 2 rings (SSSR count). The molecule has 2 heterocycles. The van der Waals surface area contributed by atoms with Gasteiger partial charge in [-0.1, -0.05) is 0 Å². The van der Waals surface area contributed by atoms with E-state index in [1.807, 2.05) is 18.4 Å². The zero-order valence-electron chi connectivity index (χ0n) is 8.92. The molecule has 0 saturated carbocycles. The third kappa shape index (κ3) is 2.56. The van der Waals surface area contributed by atoms with Crippen molar-refractivity contribution < 1.29 is 5.11 Å². The first kappa shape index (κ1) is 11.0. The minimum atomic E-state index is -0.577. The first-order valence-corrected chi connectivity index (χ1v) is 5.83. The van der Waals surface area contributed by atoms with Gasteiger partial charge in [0.05, 0.1) is 10.7 Å². The Morgan fingerprint density at radius 1 is 1.56 bits per heavy atom. The molecule has 84 valence electrons. The Kier molecular flexibility index (Phi) is 3.17.